The number of nitrogens with one attached hydrogen (secondary N) is 1. The van der Waals surface area contributed by atoms with E-state index in [1.54, 1.807) is 0 Å². The monoisotopic (exact) mass is 232 g/mol. The molecule has 1 aromatic carbocycles. The Morgan fingerprint density at radius 1 is 1.41 bits per heavy atom. The number of nitrogens with zero attached hydrogens (tertiary/aromatic N) is 1. The van der Waals surface area contributed by atoms with E-state index in [-0.39, 0.29) is 17.9 Å². The van der Waals surface area contributed by atoms with Crippen molar-refractivity contribution in [1.82, 2.24) is 4.90 Å². The second kappa shape index (κ2) is 3.82. The standard InChI is InChI=1S/C13H16N2O2/c16-8-7-15-6-5-13(9-15)10-3-1-2-4-11(10)14-12(13)17/h1-4,16H,5-9H2,(H,14,17)/t13-/m1/s1. The maximum Gasteiger partial charge on any atom is 0.236 e. The van der Waals surface area contributed by atoms with Gasteiger partial charge >= 0.3 is 0 Å². The second-order valence-corrected chi connectivity index (χ2v) is 4.83. The molecule has 1 spiro atoms. The quantitative estimate of drug-likeness (QED) is 0.784. The van der Waals surface area contributed by atoms with Gasteiger partial charge in [-0.25, -0.2) is 0 Å². The lowest BCUT2D eigenvalue weighted by atomic mass is 9.81. The summed E-state index contributed by atoms with van der Waals surface area (Å²) in [7, 11) is 0. The Labute approximate surface area is 100 Å². The number of benzene rings is 1. The van der Waals surface area contributed by atoms with E-state index in [1.165, 1.54) is 0 Å². The molecule has 3 rings (SSSR count). The van der Waals surface area contributed by atoms with Gasteiger partial charge in [-0.15, -0.1) is 0 Å². The Morgan fingerprint density at radius 2 is 2.24 bits per heavy atom. The Hall–Kier alpha value is -1.39. The number of carbonyl (C=O) groups is 1. The maximum atomic E-state index is 12.2. The van der Waals surface area contributed by atoms with Crippen LogP contribution in [0.5, 0.6) is 0 Å². The van der Waals surface area contributed by atoms with Crippen molar-refractivity contribution in [2.75, 3.05) is 31.6 Å². The largest absolute Gasteiger partial charge is 0.395 e. The fourth-order valence-electron chi connectivity index (χ4n) is 3.00. The van der Waals surface area contributed by atoms with Crippen molar-refractivity contribution >= 4 is 11.6 Å². The van der Waals surface area contributed by atoms with Gasteiger partial charge in [-0.1, -0.05) is 18.2 Å². The summed E-state index contributed by atoms with van der Waals surface area (Å²) < 4.78 is 0. The van der Waals surface area contributed by atoms with E-state index in [4.69, 9.17) is 5.11 Å². The molecule has 4 nitrogen and oxygen atoms in total. The number of anilines is 1. The number of amides is 1. The highest BCUT2D eigenvalue weighted by molar-refractivity contribution is 6.06. The molecule has 1 saturated heterocycles. The van der Waals surface area contributed by atoms with Crippen molar-refractivity contribution in [3.63, 3.8) is 0 Å². The predicted octanol–water partition coefficient (Wildman–Crippen LogP) is 0.575. The van der Waals surface area contributed by atoms with E-state index in [1.807, 2.05) is 24.3 Å². The average Bonchev–Trinajstić information content (AvgIpc) is 2.86. The first-order valence-electron chi connectivity index (χ1n) is 6.00. The first-order valence-corrected chi connectivity index (χ1v) is 6.00. The highest BCUT2D eigenvalue weighted by Crippen LogP contribution is 2.43. The number of hydrogen-bond acceptors (Lipinski definition) is 3. The molecule has 17 heavy (non-hydrogen) atoms. The highest BCUT2D eigenvalue weighted by Gasteiger charge is 2.50. The summed E-state index contributed by atoms with van der Waals surface area (Å²) in [6.07, 6.45) is 0.843. The van der Waals surface area contributed by atoms with Gasteiger partial charge < -0.3 is 10.4 Å². The number of likely N-dealkylation sites (tertiary alicyclic amines) is 1. The first kappa shape index (κ1) is 10.7. The number of carbonyl (C=O) groups excluding carboxylic acids is 1. The minimum atomic E-state index is -0.383. The van der Waals surface area contributed by atoms with Crippen molar-refractivity contribution < 1.29 is 9.90 Å². The lowest BCUT2D eigenvalue weighted by Crippen LogP contribution is -2.38. The van der Waals surface area contributed by atoms with Gasteiger partial charge in [0.1, 0.15) is 0 Å². The van der Waals surface area contributed by atoms with Gasteiger partial charge in [0.25, 0.3) is 0 Å². The van der Waals surface area contributed by atoms with Gasteiger partial charge in [-0.3, -0.25) is 9.69 Å². The minimum absolute atomic E-state index is 0.110. The normalized spacial score (nSPS) is 27.5. The molecule has 4 heteroatoms. The molecule has 1 fully saturated rings. The van der Waals surface area contributed by atoms with E-state index in [0.29, 0.717) is 6.54 Å². The number of aliphatic hydroxyl groups is 1. The van der Waals surface area contributed by atoms with Crippen LogP contribution in [0.4, 0.5) is 5.69 Å². The number of hydrogen-bond donors (Lipinski definition) is 2. The summed E-state index contributed by atoms with van der Waals surface area (Å²) in [6.45, 7) is 2.40. The van der Waals surface area contributed by atoms with Crippen molar-refractivity contribution in [2.24, 2.45) is 0 Å². The third kappa shape index (κ3) is 1.48. The molecule has 0 aliphatic carbocycles. The molecular formula is C13H16N2O2. The number of rotatable bonds is 2. The number of β-amino-alcohol motifs (C(OH)–C–C–N with tert-alkyl or cyclic N) is 1. The van der Waals surface area contributed by atoms with Gasteiger partial charge in [0.05, 0.1) is 12.0 Å². The number of para-hydroxylation sites is 1. The topological polar surface area (TPSA) is 52.6 Å². The van der Waals surface area contributed by atoms with E-state index in [2.05, 4.69) is 10.2 Å². The number of fused-ring (bicyclic) bond motifs is 2. The van der Waals surface area contributed by atoms with Crippen LogP contribution >= 0.6 is 0 Å². The molecule has 0 saturated carbocycles. The van der Waals surface area contributed by atoms with Gasteiger partial charge in [-0.2, -0.15) is 0 Å². The molecule has 1 amide bonds. The smallest absolute Gasteiger partial charge is 0.236 e. The lowest BCUT2D eigenvalue weighted by molar-refractivity contribution is -0.120. The fraction of sp³-hybridized carbons (Fsp3) is 0.462. The summed E-state index contributed by atoms with van der Waals surface area (Å²) in [5.41, 5.74) is 1.68. The lowest BCUT2D eigenvalue weighted by Gasteiger charge is -2.22. The van der Waals surface area contributed by atoms with Crippen molar-refractivity contribution in [3.05, 3.63) is 29.8 Å². The molecule has 2 aliphatic rings. The Morgan fingerprint density at radius 3 is 3.06 bits per heavy atom. The molecule has 2 aliphatic heterocycles. The molecule has 0 aromatic heterocycles. The fourth-order valence-corrected chi connectivity index (χ4v) is 3.00. The summed E-state index contributed by atoms with van der Waals surface area (Å²) in [5.74, 6) is 0.110. The zero-order chi connectivity index (χ0) is 11.9. The van der Waals surface area contributed by atoms with Crippen LogP contribution in [-0.2, 0) is 10.2 Å². The van der Waals surface area contributed by atoms with Crippen LogP contribution in [0.25, 0.3) is 0 Å². The predicted molar refractivity (Wildman–Crippen MR) is 64.9 cm³/mol. The van der Waals surface area contributed by atoms with Gasteiger partial charge in [-0.05, 0) is 24.6 Å². The Bertz CT molecular complexity index is 460. The van der Waals surface area contributed by atoms with Crippen LogP contribution in [0.2, 0.25) is 0 Å². The van der Waals surface area contributed by atoms with Gasteiger partial charge in [0.15, 0.2) is 0 Å². The van der Waals surface area contributed by atoms with E-state index >= 15 is 0 Å². The van der Waals surface area contributed by atoms with Crippen LogP contribution in [-0.4, -0.2) is 42.2 Å². The zero-order valence-corrected chi connectivity index (χ0v) is 9.65. The molecular weight excluding hydrogens is 216 g/mol. The van der Waals surface area contributed by atoms with E-state index in [0.717, 1.165) is 30.8 Å². The van der Waals surface area contributed by atoms with Crippen molar-refractivity contribution in [3.8, 4) is 0 Å². The van der Waals surface area contributed by atoms with Crippen molar-refractivity contribution in [2.45, 2.75) is 11.8 Å². The molecule has 1 aromatic rings. The molecule has 2 N–H and O–H groups in total. The number of aliphatic hydroxyl groups excluding tert-OH is 1. The summed E-state index contributed by atoms with van der Waals surface area (Å²) in [4.78, 5) is 14.4. The molecule has 0 unspecified atom stereocenters. The van der Waals surface area contributed by atoms with Crippen LogP contribution in [0.1, 0.15) is 12.0 Å². The molecule has 90 valence electrons. The maximum absolute atomic E-state index is 12.2. The highest BCUT2D eigenvalue weighted by atomic mass is 16.3. The van der Waals surface area contributed by atoms with Gasteiger partial charge in [0, 0.05) is 18.8 Å². The summed E-state index contributed by atoms with van der Waals surface area (Å²) in [6, 6.07) is 7.92. The Balaban J connectivity index is 1.96. The van der Waals surface area contributed by atoms with Crippen LogP contribution in [0.15, 0.2) is 24.3 Å². The average molecular weight is 232 g/mol. The SMILES string of the molecule is O=C1Nc2ccccc2[C@]12CCN(CCO)C2. The molecule has 1 atom stereocenters. The second-order valence-electron chi connectivity index (χ2n) is 4.83. The molecule has 2 heterocycles. The minimum Gasteiger partial charge on any atom is -0.395 e. The van der Waals surface area contributed by atoms with Crippen LogP contribution in [0, 0.1) is 0 Å². The zero-order valence-electron chi connectivity index (χ0n) is 9.65. The van der Waals surface area contributed by atoms with E-state index in [9.17, 15) is 4.79 Å². The van der Waals surface area contributed by atoms with E-state index < -0.39 is 0 Å². The summed E-state index contributed by atoms with van der Waals surface area (Å²) >= 11 is 0. The third-order valence-corrected chi connectivity index (χ3v) is 3.89. The van der Waals surface area contributed by atoms with Crippen LogP contribution in [0.3, 0.4) is 0 Å². The van der Waals surface area contributed by atoms with Crippen LogP contribution < -0.4 is 5.32 Å². The Kier molecular flexibility index (Phi) is 2.42. The summed E-state index contributed by atoms with van der Waals surface area (Å²) in [5, 5.41) is 11.9. The third-order valence-electron chi connectivity index (χ3n) is 3.89. The molecule has 0 bridgehead atoms. The molecule has 0 radical (unpaired) electrons. The van der Waals surface area contributed by atoms with Crippen molar-refractivity contribution in [1.29, 1.82) is 0 Å². The van der Waals surface area contributed by atoms with Gasteiger partial charge in [0.2, 0.25) is 5.91 Å². The first-order chi connectivity index (χ1) is 8.26.